The average Bonchev–Trinajstić information content (AvgIpc) is 2.63. The molecule has 1 atom stereocenters. The summed E-state index contributed by atoms with van der Waals surface area (Å²) >= 11 is 0. The largest absolute Gasteiger partial charge is 0.492 e. The Labute approximate surface area is 122 Å². The molecule has 116 valence electrons. The topological polar surface area (TPSA) is 46.5 Å². The van der Waals surface area contributed by atoms with Crippen LogP contribution in [0.2, 0.25) is 0 Å². The fraction of sp³-hybridized carbons (Fsp3) is 0.562. The fourth-order valence-electron chi connectivity index (χ4n) is 2.67. The van der Waals surface area contributed by atoms with Crippen LogP contribution in [0.25, 0.3) is 0 Å². The smallest absolute Gasteiger partial charge is 0.303 e. The summed E-state index contributed by atoms with van der Waals surface area (Å²) in [5.74, 6) is -4.03. The van der Waals surface area contributed by atoms with Gasteiger partial charge in [-0.05, 0) is 24.1 Å². The molecule has 1 heterocycles. The highest BCUT2D eigenvalue weighted by atomic mass is 19.3. The highest BCUT2D eigenvalue weighted by Gasteiger charge is 2.38. The predicted molar refractivity (Wildman–Crippen MR) is 74.9 cm³/mol. The van der Waals surface area contributed by atoms with Gasteiger partial charge in [0.15, 0.2) is 0 Å². The van der Waals surface area contributed by atoms with E-state index in [2.05, 4.69) is 0 Å². The number of carboxylic acid groups (broad SMARTS) is 1. The molecule has 1 unspecified atom stereocenters. The Morgan fingerprint density at radius 2 is 2.14 bits per heavy atom. The van der Waals surface area contributed by atoms with E-state index in [1.807, 2.05) is 13.8 Å². The summed E-state index contributed by atoms with van der Waals surface area (Å²) in [6, 6.07) is 4.44. The monoisotopic (exact) mass is 298 g/mol. The number of halogens is 2. The summed E-state index contributed by atoms with van der Waals surface area (Å²) in [6.45, 7) is 5.91. The zero-order chi connectivity index (χ0) is 15.8. The molecule has 0 saturated carbocycles. The molecule has 1 aliphatic rings. The predicted octanol–water partition coefficient (Wildman–Crippen LogP) is 3.95. The molecular formula is C16H20F2O3. The number of ether oxygens (including phenoxy) is 1. The molecule has 1 aromatic carbocycles. The zero-order valence-corrected chi connectivity index (χ0v) is 12.5. The molecule has 0 aliphatic carbocycles. The number of fused-ring (bicyclic) bond motifs is 1. The van der Waals surface area contributed by atoms with Crippen molar-refractivity contribution < 1.29 is 23.4 Å². The number of carbonyl (C=O) groups is 1. The van der Waals surface area contributed by atoms with Crippen LogP contribution >= 0.6 is 0 Å². The molecule has 1 N–H and O–H groups in total. The summed E-state index contributed by atoms with van der Waals surface area (Å²) in [5, 5.41) is 8.69. The molecule has 1 aromatic rings. The highest BCUT2D eigenvalue weighted by molar-refractivity contribution is 5.66. The molecule has 0 spiro atoms. The van der Waals surface area contributed by atoms with E-state index in [1.54, 1.807) is 6.07 Å². The molecule has 0 fully saturated rings. The van der Waals surface area contributed by atoms with Crippen LogP contribution < -0.4 is 4.74 Å². The molecule has 5 heteroatoms. The first-order valence-corrected chi connectivity index (χ1v) is 6.99. The molecule has 21 heavy (non-hydrogen) atoms. The van der Waals surface area contributed by atoms with E-state index in [4.69, 9.17) is 9.84 Å². The Balaban J connectivity index is 2.23. The second-order valence-corrected chi connectivity index (χ2v) is 6.50. The van der Waals surface area contributed by atoms with Crippen molar-refractivity contribution in [2.45, 2.75) is 45.0 Å². The first-order valence-electron chi connectivity index (χ1n) is 6.99. The van der Waals surface area contributed by atoms with E-state index in [0.717, 1.165) is 5.56 Å². The maximum Gasteiger partial charge on any atom is 0.303 e. The van der Waals surface area contributed by atoms with Crippen molar-refractivity contribution in [3.63, 3.8) is 0 Å². The standard InChI is InChI=1S/C16H20F2O3/c1-10(6-14(19)20)8-16(17,18)11-4-5-13-12(7-11)15(2,3)9-21-13/h4-5,7,10H,6,8-9H2,1-3H3,(H,19,20). The first-order chi connectivity index (χ1) is 9.62. The molecule has 3 nitrogen and oxygen atoms in total. The Morgan fingerprint density at radius 1 is 1.48 bits per heavy atom. The zero-order valence-electron chi connectivity index (χ0n) is 12.5. The average molecular weight is 298 g/mol. The van der Waals surface area contributed by atoms with Gasteiger partial charge in [0.25, 0.3) is 5.92 Å². The second-order valence-electron chi connectivity index (χ2n) is 6.50. The molecule has 0 aromatic heterocycles. The van der Waals surface area contributed by atoms with E-state index in [1.165, 1.54) is 19.1 Å². The minimum atomic E-state index is -3.04. The van der Waals surface area contributed by atoms with Crippen molar-refractivity contribution in [1.82, 2.24) is 0 Å². The lowest BCUT2D eigenvalue weighted by atomic mass is 9.84. The number of carboxylic acids is 1. The van der Waals surface area contributed by atoms with Gasteiger partial charge in [-0.25, -0.2) is 8.78 Å². The van der Waals surface area contributed by atoms with Gasteiger partial charge in [-0.2, -0.15) is 0 Å². The third-order valence-corrected chi connectivity index (χ3v) is 3.85. The van der Waals surface area contributed by atoms with Crippen LogP contribution in [0.5, 0.6) is 5.75 Å². The molecule has 0 amide bonds. The molecule has 0 bridgehead atoms. The minimum absolute atomic E-state index is 0.0722. The maximum absolute atomic E-state index is 14.3. The highest BCUT2D eigenvalue weighted by Crippen LogP contribution is 2.43. The van der Waals surface area contributed by atoms with E-state index >= 15 is 0 Å². The third kappa shape index (κ3) is 3.34. The number of hydrogen-bond donors (Lipinski definition) is 1. The van der Waals surface area contributed by atoms with Crippen LogP contribution in [0.15, 0.2) is 18.2 Å². The lowest BCUT2D eigenvalue weighted by molar-refractivity contribution is -0.138. The SMILES string of the molecule is CC(CC(=O)O)CC(F)(F)c1ccc2c(c1)C(C)(C)CO2. The van der Waals surface area contributed by atoms with Gasteiger partial charge in [0.2, 0.25) is 0 Å². The lowest BCUT2D eigenvalue weighted by Crippen LogP contribution is -2.21. The first kappa shape index (κ1) is 15.7. The van der Waals surface area contributed by atoms with Gasteiger partial charge in [-0.3, -0.25) is 4.79 Å². The molecule has 2 rings (SSSR count). The van der Waals surface area contributed by atoms with Crippen molar-refractivity contribution >= 4 is 5.97 Å². The van der Waals surface area contributed by atoms with Gasteiger partial charge >= 0.3 is 5.97 Å². The normalized spacial score (nSPS) is 18.0. The van der Waals surface area contributed by atoms with Gasteiger partial charge in [0, 0.05) is 29.4 Å². The third-order valence-electron chi connectivity index (χ3n) is 3.85. The number of benzene rings is 1. The van der Waals surface area contributed by atoms with Crippen LogP contribution in [0.4, 0.5) is 8.78 Å². The van der Waals surface area contributed by atoms with Crippen molar-refractivity contribution in [3.8, 4) is 5.75 Å². The maximum atomic E-state index is 14.3. The molecule has 1 aliphatic heterocycles. The van der Waals surface area contributed by atoms with Crippen LogP contribution in [-0.2, 0) is 16.1 Å². The Bertz CT molecular complexity index is 552. The van der Waals surface area contributed by atoms with E-state index in [9.17, 15) is 13.6 Å². The fourth-order valence-corrected chi connectivity index (χ4v) is 2.67. The number of hydrogen-bond acceptors (Lipinski definition) is 2. The van der Waals surface area contributed by atoms with Crippen LogP contribution in [0, 0.1) is 5.92 Å². The van der Waals surface area contributed by atoms with Crippen LogP contribution in [0.1, 0.15) is 44.7 Å². The molecule has 0 radical (unpaired) electrons. The summed E-state index contributed by atoms with van der Waals surface area (Å²) < 4.78 is 34.2. The Kier molecular flexibility index (Phi) is 3.95. The molecular weight excluding hydrogens is 278 g/mol. The van der Waals surface area contributed by atoms with Crippen molar-refractivity contribution in [3.05, 3.63) is 29.3 Å². The van der Waals surface area contributed by atoms with Gasteiger partial charge in [-0.1, -0.05) is 20.8 Å². The Hall–Kier alpha value is -1.65. The summed E-state index contributed by atoms with van der Waals surface area (Å²) in [6.07, 6.45) is -0.728. The van der Waals surface area contributed by atoms with Crippen molar-refractivity contribution in [2.24, 2.45) is 5.92 Å². The van der Waals surface area contributed by atoms with Gasteiger partial charge in [0.05, 0.1) is 6.61 Å². The van der Waals surface area contributed by atoms with Crippen LogP contribution in [0.3, 0.4) is 0 Å². The minimum Gasteiger partial charge on any atom is -0.492 e. The van der Waals surface area contributed by atoms with E-state index < -0.39 is 24.2 Å². The van der Waals surface area contributed by atoms with Gasteiger partial charge < -0.3 is 9.84 Å². The van der Waals surface area contributed by atoms with E-state index in [-0.39, 0.29) is 17.4 Å². The summed E-state index contributed by atoms with van der Waals surface area (Å²) in [4.78, 5) is 10.6. The number of aliphatic carboxylic acids is 1. The molecule has 0 saturated heterocycles. The van der Waals surface area contributed by atoms with Crippen molar-refractivity contribution in [1.29, 1.82) is 0 Å². The van der Waals surface area contributed by atoms with Crippen molar-refractivity contribution in [2.75, 3.05) is 6.61 Å². The Morgan fingerprint density at radius 3 is 2.76 bits per heavy atom. The van der Waals surface area contributed by atoms with E-state index in [0.29, 0.717) is 12.4 Å². The van der Waals surface area contributed by atoms with Gasteiger partial charge in [-0.15, -0.1) is 0 Å². The summed E-state index contributed by atoms with van der Waals surface area (Å²) in [7, 11) is 0. The summed E-state index contributed by atoms with van der Waals surface area (Å²) in [5.41, 5.74) is 0.427. The van der Waals surface area contributed by atoms with Gasteiger partial charge in [0.1, 0.15) is 5.75 Å². The van der Waals surface area contributed by atoms with Crippen LogP contribution in [-0.4, -0.2) is 17.7 Å². The quantitative estimate of drug-likeness (QED) is 0.895. The number of rotatable bonds is 5. The second kappa shape index (κ2) is 5.28. The lowest BCUT2D eigenvalue weighted by Gasteiger charge is -2.22. The number of alkyl halides is 2.